The van der Waals surface area contributed by atoms with Gasteiger partial charge in [0.1, 0.15) is 0 Å². The molecule has 1 amide bonds. The SMILES string of the molecule is CNCC1CCN(C(=O)CC(C)C)CC1.Cl. The molecule has 0 saturated carbocycles. The third-order valence-electron chi connectivity index (χ3n) is 3.04. The van der Waals surface area contributed by atoms with E-state index in [2.05, 4.69) is 19.2 Å². The van der Waals surface area contributed by atoms with Gasteiger partial charge in [-0.15, -0.1) is 12.4 Å². The predicted molar refractivity (Wildman–Crippen MR) is 69.9 cm³/mol. The summed E-state index contributed by atoms with van der Waals surface area (Å²) in [5.74, 6) is 1.58. The lowest BCUT2D eigenvalue weighted by Crippen LogP contribution is -2.40. The molecule has 0 radical (unpaired) electrons. The van der Waals surface area contributed by atoms with Crippen LogP contribution in [0.25, 0.3) is 0 Å². The van der Waals surface area contributed by atoms with E-state index in [-0.39, 0.29) is 12.4 Å². The number of piperidine rings is 1. The van der Waals surface area contributed by atoms with E-state index in [1.54, 1.807) is 0 Å². The standard InChI is InChI=1S/C12H24N2O.ClH/c1-10(2)8-12(15)14-6-4-11(5-7-14)9-13-3;/h10-11,13H,4-9H2,1-3H3;1H. The molecule has 0 aliphatic carbocycles. The molecule has 0 aromatic heterocycles. The molecule has 0 spiro atoms. The molecule has 0 bridgehead atoms. The molecule has 1 heterocycles. The van der Waals surface area contributed by atoms with Crippen LogP contribution in [0.3, 0.4) is 0 Å². The lowest BCUT2D eigenvalue weighted by molar-refractivity contribution is -0.133. The van der Waals surface area contributed by atoms with Crippen LogP contribution in [0.4, 0.5) is 0 Å². The fourth-order valence-corrected chi connectivity index (χ4v) is 2.15. The van der Waals surface area contributed by atoms with Gasteiger partial charge in [-0.25, -0.2) is 0 Å². The maximum absolute atomic E-state index is 11.8. The summed E-state index contributed by atoms with van der Waals surface area (Å²) in [4.78, 5) is 13.8. The molecule has 4 heteroatoms. The first-order valence-corrected chi connectivity index (χ1v) is 6.05. The molecule has 3 nitrogen and oxygen atoms in total. The fourth-order valence-electron chi connectivity index (χ4n) is 2.15. The van der Waals surface area contributed by atoms with Crippen LogP contribution < -0.4 is 5.32 Å². The maximum Gasteiger partial charge on any atom is 0.222 e. The second kappa shape index (κ2) is 7.91. The van der Waals surface area contributed by atoms with Crippen molar-refractivity contribution in [3.8, 4) is 0 Å². The largest absolute Gasteiger partial charge is 0.343 e. The van der Waals surface area contributed by atoms with E-state index in [4.69, 9.17) is 0 Å². The van der Waals surface area contributed by atoms with Crippen molar-refractivity contribution in [1.82, 2.24) is 10.2 Å². The highest BCUT2D eigenvalue weighted by molar-refractivity contribution is 5.85. The summed E-state index contributed by atoms with van der Waals surface area (Å²) in [5.41, 5.74) is 0. The van der Waals surface area contributed by atoms with Gasteiger partial charge in [-0.2, -0.15) is 0 Å². The molecule has 1 N–H and O–H groups in total. The van der Waals surface area contributed by atoms with Crippen LogP contribution in [0.5, 0.6) is 0 Å². The van der Waals surface area contributed by atoms with Gasteiger partial charge in [0, 0.05) is 19.5 Å². The number of amides is 1. The minimum atomic E-state index is 0. The van der Waals surface area contributed by atoms with E-state index < -0.39 is 0 Å². The van der Waals surface area contributed by atoms with Gasteiger partial charge in [-0.3, -0.25) is 4.79 Å². The highest BCUT2D eigenvalue weighted by atomic mass is 35.5. The van der Waals surface area contributed by atoms with Crippen LogP contribution in [0.15, 0.2) is 0 Å². The number of likely N-dealkylation sites (tertiary alicyclic amines) is 1. The van der Waals surface area contributed by atoms with Crippen LogP contribution in [-0.4, -0.2) is 37.5 Å². The summed E-state index contributed by atoms with van der Waals surface area (Å²) in [6.07, 6.45) is 3.02. The highest BCUT2D eigenvalue weighted by Gasteiger charge is 2.22. The monoisotopic (exact) mass is 248 g/mol. The second-order valence-electron chi connectivity index (χ2n) is 4.98. The molecule has 1 aliphatic heterocycles. The molecular formula is C12H25ClN2O. The summed E-state index contributed by atoms with van der Waals surface area (Å²) in [6.45, 7) is 7.21. The predicted octanol–water partition coefficient (Wildman–Crippen LogP) is 1.91. The first kappa shape index (κ1) is 15.7. The third kappa shape index (κ3) is 5.17. The van der Waals surface area contributed by atoms with E-state index >= 15 is 0 Å². The smallest absolute Gasteiger partial charge is 0.222 e. The van der Waals surface area contributed by atoms with Crippen LogP contribution in [0.2, 0.25) is 0 Å². The molecule has 0 unspecified atom stereocenters. The van der Waals surface area contributed by atoms with Crippen LogP contribution in [0.1, 0.15) is 33.1 Å². The van der Waals surface area contributed by atoms with Gasteiger partial charge >= 0.3 is 0 Å². The average Bonchev–Trinajstić information content (AvgIpc) is 2.18. The number of hydrogen-bond acceptors (Lipinski definition) is 2. The minimum absolute atomic E-state index is 0. The molecule has 1 fully saturated rings. The number of carbonyl (C=O) groups is 1. The van der Waals surface area contributed by atoms with Crippen molar-refractivity contribution in [1.29, 1.82) is 0 Å². The summed E-state index contributed by atoms with van der Waals surface area (Å²) in [5, 5.41) is 3.21. The Balaban J connectivity index is 0.00000225. The first-order valence-electron chi connectivity index (χ1n) is 6.05. The summed E-state index contributed by atoms with van der Waals surface area (Å²) in [7, 11) is 2.00. The fraction of sp³-hybridized carbons (Fsp3) is 0.917. The Morgan fingerprint density at radius 1 is 1.38 bits per heavy atom. The van der Waals surface area contributed by atoms with Crippen molar-refractivity contribution in [2.45, 2.75) is 33.1 Å². The van der Waals surface area contributed by atoms with Crippen LogP contribution in [-0.2, 0) is 4.79 Å². The minimum Gasteiger partial charge on any atom is -0.343 e. The van der Waals surface area contributed by atoms with Crippen LogP contribution in [0, 0.1) is 11.8 Å². The summed E-state index contributed by atoms with van der Waals surface area (Å²) in [6, 6.07) is 0. The molecule has 1 rings (SSSR count). The topological polar surface area (TPSA) is 32.3 Å². The zero-order valence-corrected chi connectivity index (χ0v) is 11.5. The second-order valence-corrected chi connectivity index (χ2v) is 4.98. The molecule has 0 aromatic rings. The quantitative estimate of drug-likeness (QED) is 0.825. The van der Waals surface area contributed by atoms with Crippen molar-refractivity contribution in [2.75, 3.05) is 26.7 Å². The normalized spacial score (nSPS) is 17.4. The lowest BCUT2D eigenvalue weighted by atomic mass is 9.96. The molecule has 0 aromatic carbocycles. The zero-order valence-electron chi connectivity index (χ0n) is 10.7. The van der Waals surface area contributed by atoms with E-state index in [9.17, 15) is 4.79 Å². The summed E-state index contributed by atoms with van der Waals surface area (Å²) >= 11 is 0. The van der Waals surface area contributed by atoms with E-state index in [1.807, 2.05) is 11.9 Å². The maximum atomic E-state index is 11.8. The first-order chi connectivity index (χ1) is 7.13. The number of rotatable bonds is 4. The number of hydrogen-bond donors (Lipinski definition) is 1. The number of nitrogens with zero attached hydrogens (tertiary/aromatic N) is 1. The molecule has 1 aliphatic rings. The Labute approximate surface area is 105 Å². The average molecular weight is 249 g/mol. The van der Waals surface area contributed by atoms with Crippen molar-refractivity contribution in [2.24, 2.45) is 11.8 Å². The van der Waals surface area contributed by atoms with Gasteiger partial charge in [0.15, 0.2) is 0 Å². The highest BCUT2D eigenvalue weighted by Crippen LogP contribution is 2.17. The Kier molecular flexibility index (Phi) is 7.77. The Morgan fingerprint density at radius 2 is 1.94 bits per heavy atom. The number of nitrogens with one attached hydrogen (secondary N) is 1. The van der Waals surface area contributed by atoms with Crippen molar-refractivity contribution >= 4 is 18.3 Å². The van der Waals surface area contributed by atoms with E-state index in [1.165, 1.54) is 0 Å². The van der Waals surface area contributed by atoms with E-state index in [0.29, 0.717) is 18.2 Å². The number of halogens is 1. The van der Waals surface area contributed by atoms with Crippen molar-refractivity contribution in [3.63, 3.8) is 0 Å². The molecular weight excluding hydrogens is 224 g/mol. The van der Waals surface area contributed by atoms with Gasteiger partial charge < -0.3 is 10.2 Å². The Hall–Kier alpha value is -0.280. The van der Waals surface area contributed by atoms with Gasteiger partial charge in [-0.05, 0) is 38.3 Å². The van der Waals surface area contributed by atoms with Crippen molar-refractivity contribution in [3.05, 3.63) is 0 Å². The molecule has 96 valence electrons. The molecule has 1 saturated heterocycles. The zero-order chi connectivity index (χ0) is 11.3. The van der Waals surface area contributed by atoms with Gasteiger partial charge in [0.05, 0.1) is 0 Å². The van der Waals surface area contributed by atoms with Crippen molar-refractivity contribution < 1.29 is 4.79 Å². The molecule has 0 atom stereocenters. The van der Waals surface area contributed by atoms with E-state index in [0.717, 1.165) is 38.4 Å². The molecule has 16 heavy (non-hydrogen) atoms. The summed E-state index contributed by atoms with van der Waals surface area (Å²) < 4.78 is 0. The third-order valence-corrected chi connectivity index (χ3v) is 3.04. The lowest BCUT2D eigenvalue weighted by Gasteiger charge is -2.32. The Morgan fingerprint density at radius 3 is 2.38 bits per heavy atom. The van der Waals surface area contributed by atoms with Crippen LogP contribution >= 0.6 is 12.4 Å². The van der Waals surface area contributed by atoms with Gasteiger partial charge in [0.2, 0.25) is 5.91 Å². The number of carbonyl (C=O) groups excluding carboxylic acids is 1. The van der Waals surface area contributed by atoms with Gasteiger partial charge in [-0.1, -0.05) is 13.8 Å². The Bertz CT molecular complexity index is 201. The van der Waals surface area contributed by atoms with Gasteiger partial charge in [0.25, 0.3) is 0 Å².